The van der Waals surface area contributed by atoms with E-state index in [0.717, 1.165) is 25.3 Å². The van der Waals surface area contributed by atoms with E-state index in [1.807, 2.05) is 12.1 Å². The predicted molar refractivity (Wildman–Crippen MR) is 112 cm³/mol. The van der Waals surface area contributed by atoms with Crippen LogP contribution in [0.2, 0.25) is 5.02 Å². The summed E-state index contributed by atoms with van der Waals surface area (Å²) in [6.45, 7) is 2.14. The maximum Gasteiger partial charge on any atom is 0.255 e. The number of fused-ring (bicyclic) bond motifs is 1. The van der Waals surface area contributed by atoms with E-state index in [2.05, 4.69) is 34.5 Å². The van der Waals surface area contributed by atoms with Crippen LogP contribution in [0.3, 0.4) is 0 Å². The highest BCUT2D eigenvalue weighted by molar-refractivity contribution is 6.31. The van der Waals surface area contributed by atoms with Crippen LogP contribution in [0.15, 0.2) is 65.3 Å². The summed E-state index contributed by atoms with van der Waals surface area (Å²) in [5, 5.41) is 3.52. The van der Waals surface area contributed by atoms with Gasteiger partial charge in [0, 0.05) is 24.7 Å². The highest BCUT2D eigenvalue weighted by Crippen LogP contribution is 2.28. The van der Waals surface area contributed by atoms with Gasteiger partial charge in [0.15, 0.2) is 0 Å². The standard InChI is InChI=1S/C23H23ClN2O3/c1-28-21-9-8-18(24)13-19(21)23(27)25-14-20(22-7-4-12-29-22)26-11-10-16-5-2-3-6-17(16)15-26/h2-9,12-13,20H,10-11,14-15H2,1H3,(H,25,27). The largest absolute Gasteiger partial charge is 0.496 e. The van der Waals surface area contributed by atoms with E-state index in [1.54, 1.807) is 24.5 Å². The van der Waals surface area contributed by atoms with Crippen LogP contribution in [0.5, 0.6) is 5.75 Å². The van der Waals surface area contributed by atoms with Gasteiger partial charge in [0.25, 0.3) is 5.91 Å². The minimum absolute atomic E-state index is 0.0625. The number of carbonyl (C=O) groups is 1. The summed E-state index contributed by atoms with van der Waals surface area (Å²) in [6.07, 6.45) is 2.64. The van der Waals surface area contributed by atoms with Crippen LogP contribution >= 0.6 is 11.6 Å². The van der Waals surface area contributed by atoms with Crippen LogP contribution in [0.25, 0.3) is 0 Å². The minimum Gasteiger partial charge on any atom is -0.496 e. The van der Waals surface area contributed by atoms with Crippen molar-refractivity contribution in [3.8, 4) is 5.75 Å². The summed E-state index contributed by atoms with van der Waals surface area (Å²) in [5.74, 6) is 1.11. The van der Waals surface area contributed by atoms with Gasteiger partial charge in [-0.1, -0.05) is 35.9 Å². The highest BCUT2D eigenvalue weighted by Gasteiger charge is 2.27. The number of ether oxygens (including phenoxy) is 1. The average Bonchev–Trinajstić information content (AvgIpc) is 3.28. The Bertz CT molecular complexity index is 988. The Kier molecular flexibility index (Phi) is 5.88. The van der Waals surface area contributed by atoms with Gasteiger partial charge >= 0.3 is 0 Å². The zero-order chi connectivity index (χ0) is 20.2. The van der Waals surface area contributed by atoms with Crippen LogP contribution in [-0.2, 0) is 13.0 Å². The fourth-order valence-corrected chi connectivity index (χ4v) is 3.99. The lowest BCUT2D eigenvalue weighted by molar-refractivity contribution is 0.0916. The molecule has 0 spiro atoms. The molecule has 150 valence electrons. The second kappa shape index (κ2) is 8.72. The van der Waals surface area contributed by atoms with E-state index >= 15 is 0 Å². The molecule has 1 unspecified atom stereocenters. The molecular weight excluding hydrogens is 388 g/mol. The number of furan rings is 1. The maximum absolute atomic E-state index is 12.8. The molecule has 0 radical (unpaired) electrons. The number of nitrogens with one attached hydrogen (secondary N) is 1. The summed E-state index contributed by atoms with van der Waals surface area (Å²) < 4.78 is 11.0. The fourth-order valence-electron chi connectivity index (χ4n) is 3.82. The molecule has 0 saturated carbocycles. The summed E-state index contributed by atoms with van der Waals surface area (Å²) in [5.41, 5.74) is 3.12. The van der Waals surface area contributed by atoms with Crippen molar-refractivity contribution in [2.75, 3.05) is 20.2 Å². The Morgan fingerprint density at radius 1 is 1.21 bits per heavy atom. The Morgan fingerprint density at radius 3 is 2.79 bits per heavy atom. The first-order valence-corrected chi connectivity index (χ1v) is 9.99. The van der Waals surface area contributed by atoms with E-state index in [0.29, 0.717) is 22.9 Å². The summed E-state index contributed by atoms with van der Waals surface area (Å²) >= 11 is 6.07. The molecule has 0 bridgehead atoms. The quantitative estimate of drug-likeness (QED) is 0.651. The van der Waals surface area contributed by atoms with Crippen molar-refractivity contribution in [1.29, 1.82) is 0 Å². The van der Waals surface area contributed by atoms with Crippen molar-refractivity contribution >= 4 is 17.5 Å². The second-order valence-electron chi connectivity index (χ2n) is 7.08. The van der Waals surface area contributed by atoms with Crippen molar-refractivity contribution in [2.24, 2.45) is 0 Å². The topological polar surface area (TPSA) is 54.7 Å². The van der Waals surface area contributed by atoms with Gasteiger partial charge in [0.05, 0.1) is 25.0 Å². The van der Waals surface area contributed by atoms with Gasteiger partial charge in [-0.2, -0.15) is 0 Å². The smallest absolute Gasteiger partial charge is 0.255 e. The van der Waals surface area contributed by atoms with Gasteiger partial charge in [-0.05, 0) is 47.9 Å². The average molecular weight is 411 g/mol. The van der Waals surface area contributed by atoms with Crippen molar-refractivity contribution in [2.45, 2.75) is 19.0 Å². The normalized spacial score (nSPS) is 14.8. The first kappa shape index (κ1) is 19.6. The molecule has 29 heavy (non-hydrogen) atoms. The Balaban J connectivity index is 1.52. The first-order chi connectivity index (χ1) is 14.2. The lowest BCUT2D eigenvalue weighted by Gasteiger charge is -2.34. The SMILES string of the molecule is COc1ccc(Cl)cc1C(=O)NCC(c1ccco1)N1CCc2ccccc2C1. The Hall–Kier alpha value is -2.76. The molecule has 2 aromatic carbocycles. The molecule has 2 heterocycles. The second-order valence-corrected chi connectivity index (χ2v) is 7.51. The molecule has 1 aliphatic rings. The summed E-state index contributed by atoms with van der Waals surface area (Å²) in [6, 6.07) is 17.3. The molecule has 1 amide bonds. The molecule has 1 aliphatic heterocycles. The fraction of sp³-hybridized carbons (Fsp3) is 0.261. The molecule has 0 saturated heterocycles. The summed E-state index contributed by atoms with van der Waals surface area (Å²) in [4.78, 5) is 15.2. The number of rotatable bonds is 6. The van der Waals surface area contributed by atoms with Gasteiger partial charge in [-0.15, -0.1) is 0 Å². The zero-order valence-corrected chi connectivity index (χ0v) is 17.0. The third-order valence-electron chi connectivity index (χ3n) is 5.33. The van der Waals surface area contributed by atoms with Crippen LogP contribution in [0.1, 0.15) is 33.3 Å². The number of amides is 1. The lowest BCUT2D eigenvalue weighted by atomic mass is 9.98. The van der Waals surface area contributed by atoms with E-state index in [9.17, 15) is 4.79 Å². The van der Waals surface area contributed by atoms with Crippen LogP contribution in [-0.4, -0.2) is 31.0 Å². The lowest BCUT2D eigenvalue weighted by Crippen LogP contribution is -2.40. The Labute approximate surface area is 175 Å². The number of nitrogens with zero attached hydrogens (tertiary/aromatic N) is 1. The van der Waals surface area contributed by atoms with E-state index in [-0.39, 0.29) is 11.9 Å². The number of halogens is 1. The molecule has 0 fully saturated rings. The highest BCUT2D eigenvalue weighted by atomic mass is 35.5. The van der Waals surface area contributed by atoms with E-state index < -0.39 is 0 Å². The number of hydrogen-bond acceptors (Lipinski definition) is 4. The third kappa shape index (κ3) is 4.31. The van der Waals surface area contributed by atoms with Gasteiger partial charge < -0.3 is 14.5 Å². The number of benzene rings is 2. The van der Waals surface area contributed by atoms with E-state index in [4.69, 9.17) is 20.8 Å². The van der Waals surface area contributed by atoms with Crippen LogP contribution in [0.4, 0.5) is 0 Å². The first-order valence-electron chi connectivity index (χ1n) is 9.61. The molecule has 4 rings (SSSR count). The molecule has 1 atom stereocenters. The molecule has 3 aromatic rings. The zero-order valence-electron chi connectivity index (χ0n) is 16.2. The molecule has 1 aromatic heterocycles. The van der Waals surface area contributed by atoms with Crippen molar-refractivity contribution < 1.29 is 13.9 Å². The monoisotopic (exact) mass is 410 g/mol. The molecule has 5 nitrogen and oxygen atoms in total. The maximum atomic E-state index is 12.8. The van der Waals surface area contributed by atoms with Crippen LogP contribution < -0.4 is 10.1 Å². The van der Waals surface area contributed by atoms with E-state index in [1.165, 1.54) is 18.2 Å². The molecule has 1 N–H and O–H groups in total. The van der Waals surface area contributed by atoms with Gasteiger partial charge in [-0.3, -0.25) is 9.69 Å². The van der Waals surface area contributed by atoms with Crippen LogP contribution in [0, 0.1) is 0 Å². The van der Waals surface area contributed by atoms with Crippen molar-refractivity contribution in [3.05, 3.63) is 88.3 Å². The molecular formula is C23H23ClN2O3. The number of hydrogen-bond donors (Lipinski definition) is 1. The number of methoxy groups -OCH3 is 1. The predicted octanol–water partition coefficient (Wildman–Crippen LogP) is 4.47. The van der Waals surface area contributed by atoms with Gasteiger partial charge in [0.2, 0.25) is 0 Å². The third-order valence-corrected chi connectivity index (χ3v) is 5.57. The van der Waals surface area contributed by atoms with Crippen molar-refractivity contribution in [1.82, 2.24) is 10.2 Å². The van der Waals surface area contributed by atoms with Gasteiger partial charge in [0.1, 0.15) is 11.5 Å². The summed E-state index contributed by atoms with van der Waals surface area (Å²) in [7, 11) is 1.54. The van der Waals surface area contributed by atoms with Crippen molar-refractivity contribution in [3.63, 3.8) is 0 Å². The minimum atomic E-state index is -0.224. The molecule has 0 aliphatic carbocycles. The van der Waals surface area contributed by atoms with Gasteiger partial charge in [-0.25, -0.2) is 0 Å². The Morgan fingerprint density at radius 2 is 2.03 bits per heavy atom. The molecule has 6 heteroatoms. The number of carbonyl (C=O) groups excluding carboxylic acids is 1.